The summed E-state index contributed by atoms with van der Waals surface area (Å²) in [4.78, 5) is 21.2. The fourth-order valence-electron chi connectivity index (χ4n) is 5.45. The molecule has 5 heterocycles. The van der Waals surface area contributed by atoms with Crippen LogP contribution in [0, 0.1) is 5.92 Å². The van der Waals surface area contributed by atoms with E-state index in [1.54, 1.807) is 11.3 Å². The SMILES string of the molecule is CN(C[C@H]1CCCO1)C1CCN(C(=O)C2CCN(c3ccc(-c4cccs4)nn3)CC2)CC1. The summed E-state index contributed by atoms with van der Waals surface area (Å²) in [7, 11) is 2.22. The van der Waals surface area contributed by atoms with Crippen LogP contribution in [0.1, 0.15) is 38.5 Å². The Hall–Kier alpha value is -2.03. The summed E-state index contributed by atoms with van der Waals surface area (Å²) in [5.74, 6) is 1.41. The minimum atomic E-state index is 0.140. The number of likely N-dealkylation sites (tertiary alicyclic amines) is 1. The Bertz CT molecular complexity index is 884. The molecule has 1 atom stereocenters. The van der Waals surface area contributed by atoms with Gasteiger partial charge in [0.25, 0.3) is 0 Å². The van der Waals surface area contributed by atoms with Crippen LogP contribution < -0.4 is 4.90 Å². The Morgan fingerprint density at radius 2 is 1.91 bits per heavy atom. The first kappa shape index (κ1) is 22.7. The molecule has 3 fully saturated rings. The van der Waals surface area contributed by atoms with Crippen LogP contribution in [0.2, 0.25) is 0 Å². The summed E-state index contributed by atoms with van der Waals surface area (Å²) < 4.78 is 5.80. The molecule has 178 valence electrons. The van der Waals surface area contributed by atoms with E-state index in [0.717, 1.165) is 81.4 Å². The third-order valence-corrected chi connectivity index (χ3v) is 8.40. The van der Waals surface area contributed by atoms with Crippen molar-refractivity contribution in [2.24, 2.45) is 5.92 Å². The van der Waals surface area contributed by atoms with Crippen molar-refractivity contribution >= 4 is 23.1 Å². The molecule has 0 spiro atoms. The van der Waals surface area contributed by atoms with E-state index in [1.807, 2.05) is 12.1 Å². The predicted octanol–water partition coefficient (Wildman–Crippen LogP) is 3.52. The molecule has 33 heavy (non-hydrogen) atoms. The van der Waals surface area contributed by atoms with Gasteiger partial charge in [-0.25, -0.2) is 0 Å². The second-order valence-electron chi connectivity index (χ2n) is 9.65. The fraction of sp³-hybridized carbons (Fsp3) is 0.640. The van der Waals surface area contributed by atoms with Gasteiger partial charge in [-0.05, 0) is 69.2 Å². The maximum Gasteiger partial charge on any atom is 0.225 e. The molecule has 0 radical (unpaired) electrons. The minimum absolute atomic E-state index is 0.140. The summed E-state index contributed by atoms with van der Waals surface area (Å²) in [5, 5.41) is 10.9. The molecule has 7 nitrogen and oxygen atoms in total. The quantitative estimate of drug-likeness (QED) is 0.645. The standard InChI is InChI=1S/C25H35N5O2S/c1-28(18-21-4-2-16-32-21)20-10-14-30(15-11-20)25(31)19-8-12-29(13-9-19)24-7-6-22(26-27-24)23-5-3-17-33-23/h3,5-7,17,19-21H,2,4,8-16,18H2,1H3/t21-/m1/s1. The number of nitrogens with zero attached hydrogens (tertiary/aromatic N) is 5. The molecule has 3 aliphatic heterocycles. The smallest absolute Gasteiger partial charge is 0.225 e. The number of piperidine rings is 2. The zero-order chi connectivity index (χ0) is 22.6. The van der Waals surface area contributed by atoms with E-state index >= 15 is 0 Å². The maximum absolute atomic E-state index is 13.2. The third-order valence-electron chi connectivity index (χ3n) is 7.51. The van der Waals surface area contributed by atoms with Crippen LogP contribution in [-0.2, 0) is 9.53 Å². The first-order valence-corrected chi connectivity index (χ1v) is 13.3. The highest BCUT2D eigenvalue weighted by Gasteiger charge is 2.32. The number of anilines is 1. The van der Waals surface area contributed by atoms with Crippen LogP contribution in [0.3, 0.4) is 0 Å². The van der Waals surface area contributed by atoms with Gasteiger partial charge in [0.2, 0.25) is 5.91 Å². The number of aromatic nitrogens is 2. The van der Waals surface area contributed by atoms with Crippen molar-refractivity contribution in [2.75, 3.05) is 51.3 Å². The Morgan fingerprint density at radius 3 is 2.55 bits per heavy atom. The van der Waals surface area contributed by atoms with Crippen LogP contribution in [0.15, 0.2) is 29.6 Å². The highest BCUT2D eigenvalue weighted by atomic mass is 32.1. The van der Waals surface area contributed by atoms with Gasteiger partial charge in [0, 0.05) is 51.3 Å². The topological polar surface area (TPSA) is 61.8 Å². The van der Waals surface area contributed by atoms with Gasteiger partial charge in [-0.3, -0.25) is 4.79 Å². The summed E-state index contributed by atoms with van der Waals surface area (Å²) in [6, 6.07) is 8.77. The van der Waals surface area contributed by atoms with E-state index in [2.05, 4.69) is 49.5 Å². The van der Waals surface area contributed by atoms with Crippen molar-refractivity contribution < 1.29 is 9.53 Å². The number of amides is 1. The molecule has 0 aliphatic carbocycles. The van der Waals surface area contributed by atoms with Gasteiger partial charge >= 0.3 is 0 Å². The molecule has 1 amide bonds. The van der Waals surface area contributed by atoms with E-state index in [1.165, 1.54) is 12.8 Å². The number of ether oxygens (including phenoxy) is 1. The molecule has 3 aliphatic rings. The van der Waals surface area contributed by atoms with Gasteiger partial charge in [0.1, 0.15) is 5.69 Å². The molecule has 0 unspecified atom stereocenters. The van der Waals surface area contributed by atoms with Crippen LogP contribution in [-0.4, -0.2) is 84.4 Å². The number of carbonyl (C=O) groups excluding carboxylic acids is 1. The zero-order valence-electron chi connectivity index (χ0n) is 19.6. The van der Waals surface area contributed by atoms with Gasteiger partial charge in [0.15, 0.2) is 5.82 Å². The fourth-order valence-corrected chi connectivity index (χ4v) is 6.14. The van der Waals surface area contributed by atoms with E-state index in [0.29, 0.717) is 18.1 Å². The lowest BCUT2D eigenvalue weighted by Crippen LogP contribution is -2.49. The molecule has 2 aromatic heterocycles. The van der Waals surface area contributed by atoms with E-state index in [9.17, 15) is 4.79 Å². The lowest BCUT2D eigenvalue weighted by atomic mass is 9.93. The van der Waals surface area contributed by atoms with E-state index in [-0.39, 0.29) is 5.92 Å². The zero-order valence-corrected chi connectivity index (χ0v) is 20.4. The second kappa shape index (κ2) is 10.5. The molecule has 0 saturated carbocycles. The highest BCUT2D eigenvalue weighted by Crippen LogP contribution is 2.27. The van der Waals surface area contributed by atoms with Crippen molar-refractivity contribution in [3.8, 4) is 10.6 Å². The van der Waals surface area contributed by atoms with Crippen LogP contribution in [0.4, 0.5) is 5.82 Å². The van der Waals surface area contributed by atoms with Gasteiger partial charge in [-0.1, -0.05) is 6.07 Å². The number of hydrogen-bond donors (Lipinski definition) is 0. The van der Waals surface area contributed by atoms with Crippen molar-refractivity contribution in [3.05, 3.63) is 29.6 Å². The largest absolute Gasteiger partial charge is 0.377 e. The minimum Gasteiger partial charge on any atom is -0.377 e. The van der Waals surface area contributed by atoms with E-state index < -0.39 is 0 Å². The number of likely N-dealkylation sites (N-methyl/N-ethyl adjacent to an activating group) is 1. The van der Waals surface area contributed by atoms with Crippen molar-refractivity contribution in [1.82, 2.24) is 20.0 Å². The molecule has 0 N–H and O–H groups in total. The Labute approximate surface area is 200 Å². The molecular weight excluding hydrogens is 434 g/mol. The summed E-state index contributed by atoms with van der Waals surface area (Å²) in [5.41, 5.74) is 0.920. The molecule has 3 saturated heterocycles. The number of hydrogen-bond acceptors (Lipinski definition) is 7. The molecule has 0 bridgehead atoms. The average Bonchev–Trinajstić information content (AvgIpc) is 3.59. The Balaban J connectivity index is 1.07. The lowest BCUT2D eigenvalue weighted by Gasteiger charge is -2.40. The molecule has 5 rings (SSSR count). The van der Waals surface area contributed by atoms with Gasteiger partial charge in [-0.2, -0.15) is 0 Å². The van der Waals surface area contributed by atoms with Crippen molar-refractivity contribution in [3.63, 3.8) is 0 Å². The monoisotopic (exact) mass is 469 g/mol. The first-order valence-electron chi connectivity index (χ1n) is 12.4. The van der Waals surface area contributed by atoms with Crippen LogP contribution >= 0.6 is 11.3 Å². The Kier molecular flexibility index (Phi) is 7.23. The third kappa shape index (κ3) is 5.39. The second-order valence-corrected chi connectivity index (χ2v) is 10.6. The predicted molar refractivity (Wildman–Crippen MR) is 131 cm³/mol. The first-order chi connectivity index (χ1) is 16.2. The number of rotatable bonds is 6. The summed E-state index contributed by atoms with van der Waals surface area (Å²) >= 11 is 1.68. The van der Waals surface area contributed by atoms with Crippen molar-refractivity contribution in [1.29, 1.82) is 0 Å². The van der Waals surface area contributed by atoms with Crippen LogP contribution in [0.5, 0.6) is 0 Å². The maximum atomic E-state index is 13.2. The van der Waals surface area contributed by atoms with Gasteiger partial charge < -0.3 is 19.4 Å². The number of carbonyl (C=O) groups is 1. The molecule has 8 heteroatoms. The molecular formula is C25H35N5O2S. The summed E-state index contributed by atoms with van der Waals surface area (Å²) in [6.07, 6.45) is 6.71. The van der Waals surface area contributed by atoms with Crippen molar-refractivity contribution in [2.45, 2.75) is 50.7 Å². The van der Waals surface area contributed by atoms with Gasteiger partial charge in [-0.15, -0.1) is 21.5 Å². The average molecular weight is 470 g/mol. The molecule has 0 aromatic carbocycles. The van der Waals surface area contributed by atoms with Crippen LogP contribution in [0.25, 0.3) is 10.6 Å². The summed E-state index contributed by atoms with van der Waals surface area (Å²) in [6.45, 7) is 5.43. The highest BCUT2D eigenvalue weighted by molar-refractivity contribution is 7.13. The Morgan fingerprint density at radius 1 is 1.09 bits per heavy atom. The lowest BCUT2D eigenvalue weighted by molar-refractivity contribution is -0.137. The van der Waals surface area contributed by atoms with Gasteiger partial charge in [0.05, 0.1) is 11.0 Å². The molecule has 2 aromatic rings. The number of thiophene rings is 1. The normalized spacial score (nSPS) is 22.9. The van der Waals surface area contributed by atoms with E-state index in [4.69, 9.17) is 4.74 Å².